The molecule has 0 aliphatic rings. The smallest absolute Gasteiger partial charge is 0.0876 e. The highest BCUT2D eigenvalue weighted by Crippen LogP contribution is 2.45. The Hall–Kier alpha value is 1.14. The van der Waals surface area contributed by atoms with Crippen molar-refractivity contribution in [3.8, 4) is 0 Å². The van der Waals surface area contributed by atoms with Crippen LogP contribution in [-0.2, 0) is 7.47 Å². The monoisotopic (exact) mass is 418 g/mol. The third kappa shape index (κ3) is 2.82. The molecule has 0 saturated heterocycles. The average molecular weight is 422 g/mol. The number of alkyl halides is 4. The summed E-state index contributed by atoms with van der Waals surface area (Å²) >= 11 is 13.9. The van der Waals surface area contributed by atoms with Crippen LogP contribution in [0.2, 0.25) is 0 Å². The minimum Gasteiger partial charge on any atom is -0.0876 e. The largest absolute Gasteiger partial charge is 0.160 e. The van der Waals surface area contributed by atoms with E-state index < -0.39 is 0 Å². The number of halogens is 4. The molecule has 0 N–H and O–H groups in total. The van der Waals surface area contributed by atoms with E-state index in [9.17, 15) is 0 Å². The predicted molar refractivity (Wildman–Crippen MR) is 67.5 cm³/mol. The molecule has 0 aromatic heterocycles. The van der Waals surface area contributed by atoms with Gasteiger partial charge in [0.2, 0.25) is 0 Å². The minimum absolute atomic E-state index is 0.308. The van der Waals surface area contributed by atoms with Crippen LogP contribution >= 0.6 is 63.7 Å². The highest BCUT2D eigenvalue weighted by Gasteiger charge is 2.22. The Balaban J connectivity index is 3.14. The quantitative estimate of drug-likeness (QED) is 0.567. The van der Waals surface area contributed by atoms with E-state index in [0.717, 1.165) is 5.33 Å². The topological polar surface area (TPSA) is 0 Å². The Bertz CT molecular complexity index is 264. The summed E-state index contributed by atoms with van der Waals surface area (Å²) in [5.74, 6) is 0. The van der Waals surface area contributed by atoms with E-state index in [1.165, 1.54) is 11.1 Å². The van der Waals surface area contributed by atoms with Gasteiger partial charge in [-0.1, -0.05) is 88.0 Å². The second-order valence-electron chi connectivity index (χ2n) is 2.29. The number of benzene rings is 1. The lowest BCUT2D eigenvalue weighted by molar-refractivity contribution is 1.26. The molecule has 0 aliphatic carbocycles. The van der Waals surface area contributed by atoms with Crippen LogP contribution in [0.5, 0.6) is 0 Å². The van der Waals surface area contributed by atoms with E-state index in [0.29, 0.717) is 0 Å². The van der Waals surface area contributed by atoms with Gasteiger partial charge in [-0.15, -0.1) is 0 Å². The van der Waals surface area contributed by atoms with Crippen LogP contribution in [0.25, 0.3) is 0 Å². The van der Waals surface area contributed by atoms with Gasteiger partial charge in [-0.05, 0) is 11.1 Å². The van der Waals surface area contributed by atoms with Crippen LogP contribution in [0, 0.1) is 0 Å². The van der Waals surface area contributed by atoms with Gasteiger partial charge in [0, 0.05) is 5.33 Å². The Morgan fingerprint density at radius 3 is 2.08 bits per heavy atom. The molecule has 0 spiro atoms. The highest BCUT2D eigenvalue weighted by atomic mass is 80.0. The maximum atomic E-state index is 3.49. The Labute approximate surface area is 106 Å². The molecule has 12 heavy (non-hydrogen) atoms. The zero-order chi connectivity index (χ0) is 9.19. The van der Waals surface area contributed by atoms with Crippen molar-refractivity contribution < 1.29 is 0 Å². The lowest BCUT2D eigenvalue weighted by atomic mass is 10.1. The van der Waals surface area contributed by atoms with Crippen LogP contribution in [0.1, 0.15) is 11.1 Å². The van der Waals surface area contributed by atoms with E-state index in [4.69, 9.17) is 0 Å². The summed E-state index contributed by atoms with van der Waals surface area (Å²) in [4.78, 5) is 0. The summed E-state index contributed by atoms with van der Waals surface area (Å²) < 4.78 is -0.308. The number of hydrogen-bond donors (Lipinski definition) is 0. The first kappa shape index (κ1) is 11.2. The third-order valence-corrected chi connectivity index (χ3v) is 3.35. The molecule has 0 aliphatic heterocycles. The molecule has 0 fully saturated rings. The Kier molecular flexibility index (Phi) is 4.28. The van der Waals surface area contributed by atoms with Gasteiger partial charge in [0.05, 0.1) is 0 Å². The first-order chi connectivity index (χ1) is 5.55. The minimum atomic E-state index is -0.308. The molecule has 1 rings (SSSR count). The second kappa shape index (κ2) is 4.58. The van der Waals surface area contributed by atoms with Crippen LogP contribution in [0.15, 0.2) is 24.3 Å². The zero-order valence-corrected chi connectivity index (χ0v) is 12.4. The molecule has 4 heteroatoms. The van der Waals surface area contributed by atoms with Gasteiger partial charge in [-0.2, -0.15) is 0 Å². The van der Waals surface area contributed by atoms with E-state index in [-0.39, 0.29) is 2.14 Å². The molecule has 0 amide bonds. The Morgan fingerprint density at radius 2 is 1.67 bits per heavy atom. The van der Waals surface area contributed by atoms with Gasteiger partial charge in [-0.3, -0.25) is 0 Å². The summed E-state index contributed by atoms with van der Waals surface area (Å²) in [5.41, 5.74) is 2.44. The van der Waals surface area contributed by atoms with Gasteiger partial charge < -0.3 is 0 Å². The molecule has 1 aromatic carbocycles. The lowest BCUT2D eigenvalue weighted by Crippen LogP contribution is -2.01. The summed E-state index contributed by atoms with van der Waals surface area (Å²) in [6.45, 7) is 0. The molecule has 0 bridgehead atoms. The van der Waals surface area contributed by atoms with E-state index in [1.54, 1.807) is 0 Å². The number of rotatable bonds is 1. The van der Waals surface area contributed by atoms with Gasteiger partial charge in [0.25, 0.3) is 0 Å². The van der Waals surface area contributed by atoms with Crippen LogP contribution in [0.3, 0.4) is 0 Å². The first-order valence-corrected chi connectivity index (χ1v) is 6.77. The number of hydrogen-bond acceptors (Lipinski definition) is 0. The van der Waals surface area contributed by atoms with Crippen molar-refractivity contribution in [1.82, 2.24) is 0 Å². The van der Waals surface area contributed by atoms with Crippen LogP contribution in [0.4, 0.5) is 0 Å². The zero-order valence-electron chi connectivity index (χ0n) is 6.03. The molecule has 0 nitrogen and oxygen atoms in total. The SMILES string of the molecule is BrCc1ccccc1C(Br)(Br)Br. The third-order valence-electron chi connectivity index (χ3n) is 1.47. The van der Waals surface area contributed by atoms with Gasteiger partial charge in [0.1, 0.15) is 0 Å². The fourth-order valence-corrected chi connectivity index (χ4v) is 2.56. The van der Waals surface area contributed by atoms with Crippen LogP contribution in [-0.4, -0.2) is 0 Å². The summed E-state index contributed by atoms with van der Waals surface area (Å²) in [7, 11) is 0. The lowest BCUT2D eigenvalue weighted by Gasteiger charge is -2.15. The first-order valence-electron chi connectivity index (χ1n) is 3.27. The molecular formula is C8H6Br4. The van der Waals surface area contributed by atoms with Crippen molar-refractivity contribution in [2.45, 2.75) is 7.47 Å². The van der Waals surface area contributed by atoms with Gasteiger partial charge in [0.15, 0.2) is 2.14 Å². The fourth-order valence-electron chi connectivity index (χ4n) is 0.913. The fraction of sp³-hybridized carbons (Fsp3) is 0.250. The Morgan fingerprint density at radius 1 is 1.08 bits per heavy atom. The maximum absolute atomic E-state index is 3.49. The van der Waals surface area contributed by atoms with Crippen molar-refractivity contribution in [2.24, 2.45) is 0 Å². The normalized spacial score (nSPS) is 11.7. The van der Waals surface area contributed by atoms with Crippen molar-refractivity contribution in [3.05, 3.63) is 35.4 Å². The van der Waals surface area contributed by atoms with Crippen LogP contribution < -0.4 is 0 Å². The standard InChI is InChI=1S/C8H6Br4/c9-5-6-3-1-2-4-7(6)8(10,11)12/h1-4H,5H2. The second-order valence-corrected chi connectivity index (χ2v) is 9.61. The molecule has 0 radical (unpaired) electrons. The predicted octanol–water partition coefficient (Wildman–Crippen LogP) is 4.88. The van der Waals surface area contributed by atoms with E-state index >= 15 is 0 Å². The average Bonchev–Trinajstić information content (AvgIpc) is 2.03. The molecule has 1 aromatic rings. The van der Waals surface area contributed by atoms with Gasteiger partial charge in [-0.25, -0.2) is 0 Å². The van der Waals surface area contributed by atoms with Crippen molar-refractivity contribution >= 4 is 63.7 Å². The van der Waals surface area contributed by atoms with E-state index in [2.05, 4.69) is 75.9 Å². The van der Waals surface area contributed by atoms with Crippen molar-refractivity contribution in [1.29, 1.82) is 0 Å². The molecule has 0 atom stereocenters. The van der Waals surface area contributed by atoms with E-state index in [1.807, 2.05) is 12.1 Å². The molecule has 0 saturated carbocycles. The van der Waals surface area contributed by atoms with Gasteiger partial charge >= 0.3 is 0 Å². The maximum Gasteiger partial charge on any atom is 0.160 e. The molecule has 0 unspecified atom stereocenters. The summed E-state index contributed by atoms with van der Waals surface area (Å²) in [5, 5.41) is 0.855. The summed E-state index contributed by atoms with van der Waals surface area (Å²) in [6.07, 6.45) is 0. The summed E-state index contributed by atoms with van der Waals surface area (Å²) in [6, 6.07) is 8.19. The molecular weight excluding hydrogens is 416 g/mol. The highest BCUT2D eigenvalue weighted by molar-refractivity contribution is 9.38. The molecule has 0 heterocycles. The van der Waals surface area contributed by atoms with Crippen molar-refractivity contribution in [3.63, 3.8) is 0 Å². The van der Waals surface area contributed by atoms with Crippen molar-refractivity contribution in [2.75, 3.05) is 0 Å². The molecule has 66 valence electrons.